The monoisotopic (exact) mass is 533 g/mol. The fourth-order valence-corrected chi connectivity index (χ4v) is 3.94. The van der Waals surface area contributed by atoms with Crippen LogP contribution >= 0.6 is 24.0 Å². The zero-order valence-electron chi connectivity index (χ0n) is 17.7. The van der Waals surface area contributed by atoms with Crippen molar-refractivity contribution in [2.75, 3.05) is 50.7 Å². The summed E-state index contributed by atoms with van der Waals surface area (Å²) in [5.74, 6) is 0.376. The van der Waals surface area contributed by atoms with Gasteiger partial charge in [0.15, 0.2) is 5.96 Å². The standard InChI is InChI=1S/C23H27N5O2.HI/c1-2-24-23(27-16-14-26(15-17-27)18-8-4-3-5-9-18)25-12-13-28-21(29)19-10-6-7-11-20(19)22(28)30;/h3-11H,2,12-17H2,1H3,(H,24,25);1H. The van der Waals surface area contributed by atoms with Gasteiger partial charge in [-0.15, -0.1) is 24.0 Å². The Labute approximate surface area is 200 Å². The molecule has 1 saturated heterocycles. The number of hydrogen-bond donors (Lipinski definition) is 1. The molecule has 0 atom stereocenters. The average molecular weight is 533 g/mol. The van der Waals surface area contributed by atoms with E-state index < -0.39 is 0 Å². The summed E-state index contributed by atoms with van der Waals surface area (Å²) in [5, 5.41) is 3.34. The van der Waals surface area contributed by atoms with Gasteiger partial charge in [0, 0.05) is 45.0 Å². The molecular formula is C23H28IN5O2. The Morgan fingerprint density at radius 2 is 1.48 bits per heavy atom. The van der Waals surface area contributed by atoms with Gasteiger partial charge in [-0.1, -0.05) is 30.3 Å². The summed E-state index contributed by atoms with van der Waals surface area (Å²) in [6, 6.07) is 17.4. The van der Waals surface area contributed by atoms with Crippen LogP contribution in [0, 0.1) is 0 Å². The molecule has 2 amide bonds. The number of carbonyl (C=O) groups excluding carboxylic acids is 2. The zero-order valence-corrected chi connectivity index (χ0v) is 20.0. The van der Waals surface area contributed by atoms with E-state index in [1.165, 1.54) is 10.6 Å². The van der Waals surface area contributed by atoms with E-state index in [4.69, 9.17) is 4.99 Å². The van der Waals surface area contributed by atoms with Crippen LogP contribution in [0.5, 0.6) is 0 Å². The molecule has 1 N–H and O–H groups in total. The molecule has 31 heavy (non-hydrogen) atoms. The van der Waals surface area contributed by atoms with Crippen LogP contribution in [0.25, 0.3) is 0 Å². The molecule has 2 aliphatic rings. The number of aliphatic imine (C=N–C) groups is 1. The average Bonchev–Trinajstić information content (AvgIpc) is 3.04. The molecule has 0 bridgehead atoms. The van der Waals surface area contributed by atoms with Gasteiger partial charge in [-0.25, -0.2) is 0 Å². The van der Waals surface area contributed by atoms with Crippen molar-refractivity contribution in [3.63, 3.8) is 0 Å². The number of piperazine rings is 1. The van der Waals surface area contributed by atoms with Crippen molar-refractivity contribution in [1.29, 1.82) is 0 Å². The van der Waals surface area contributed by atoms with Crippen molar-refractivity contribution in [2.45, 2.75) is 6.92 Å². The smallest absolute Gasteiger partial charge is 0.261 e. The number of benzene rings is 2. The maximum absolute atomic E-state index is 12.5. The second-order valence-corrected chi connectivity index (χ2v) is 7.35. The molecular weight excluding hydrogens is 505 g/mol. The predicted molar refractivity (Wildman–Crippen MR) is 133 cm³/mol. The highest BCUT2D eigenvalue weighted by Gasteiger charge is 2.34. The lowest BCUT2D eigenvalue weighted by atomic mass is 10.1. The molecule has 2 heterocycles. The molecule has 0 spiro atoms. The second-order valence-electron chi connectivity index (χ2n) is 7.35. The Bertz CT molecular complexity index is 907. The van der Waals surface area contributed by atoms with Crippen molar-refractivity contribution in [3.05, 3.63) is 65.7 Å². The quantitative estimate of drug-likeness (QED) is 0.277. The molecule has 4 rings (SSSR count). The van der Waals surface area contributed by atoms with E-state index in [0.29, 0.717) is 17.7 Å². The third-order valence-electron chi connectivity index (χ3n) is 5.50. The van der Waals surface area contributed by atoms with Gasteiger partial charge < -0.3 is 15.1 Å². The highest BCUT2D eigenvalue weighted by Crippen LogP contribution is 2.22. The fourth-order valence-electron chi connectivity index (χ4n) is 3.94. The molecule has 2 aromatic rings. The van der Waals surface area contributed by atoms with E-state index in [1.807, 2.05) is 13.0 Å². The minimum Gasteiger partial charge on any atom is -0.368 e. The van der Waals surface area contributed by atoms with E-state index in [2.05, 4.69) is 39.4 Å². The molecule has 0 aliphatic carbocycles. The summed E-state index contributed by atoms with van der Waals surface area (Å²) in [5.41, 5.74) is 2.20. The summed E-state index contributed by atoms with van der Waals surface area (Å²) in [6.07, 6.45) is 0. The summed E-state index contributed by atoms with van der Waals surface area (Å²) >= 11 is 0. The number of rotatable bonds is 5. The Hall–Kier alpha value is -2.62. The van der Waals surface area contributed by atoms with E-state index in [0.717, 1.165) is 38.7 Å². The van der Waals surface area contributed by atoms with Gasteiger partial charge in [-0.05, 0) is 31.2 Å². The van der Waals surface area contributed by atoms with Gasteiger partial charge in [0.1, 0.15) is 0 Å². The van der Waals surface area contributed by atoms with Crippen molar-refractivity contribution in [3.8, 4) is 0 Å². The predicted octanol–water partition coefficient (Wildman–Crippen LogP) is 2.69. The molecule has 7 nitrogen and oxygen atoms in total. The van der Waals surface area contributed by atoms with Crippen molar-refractivity contribution < 1.29 is 9.59 Å². The van der Waals surface area contributed by atoms with E-state index >= 15 is 0 Å². The van der Waals surface area contributed by atoms with Crippen LogP contribution in [0.4, 0.5) is 5.69 Å². The summed E-state index contributed by atoms with van der Waals surface area (Å²) in [6.45, 7) is 7.06. The number of para-hydroxylation sites is 1. The Morgan fingerprint density at radius 3 is 2.06 bits per heavy atom. The number of imide groups is 1. The largest absolute Gasteiger partial charge is 0.368 e. The Morgan fingerprint density at radius 1 is 0.903 bits per heavy atom. The fraction of sp³-hybridized carbons (Fsp3) is 0.348. The van der Waals surface area contributed by atoms with Crippen molar-refractivity contribution in [2.24, 2.45) is 4.99 Å². The number of nitrogens with zero attached hydrogens (tertiary/aromatic N) is 4. The first kappa shape index (κ1) is 23.1. The molecule has 2 aliphatic heterocycles. The minimum absolute atomic E-state index is 0. The highest BCUT2D eigenvalue weighted by molar-refractivity contribution is 14.0. The second kappa shape index (κ2) is 10.6. The lowest BCUT2D eigenvalue weighted by molar-refractivity contribution is 0.0659. The van der Waals surface area contributed by atoms with Crippen LogP contribution in [0.3, 0.4) is 0 Å². The third-order valence-corrected chi connectivity index (χ3v) is 5.50. The topological polar surface area (TPSA) is 68.2 Å². The highest BCUT2D eigenvalue weighted by atomic mass is 127. The zero-order chi connectivity index (χ0) is 20.9. The number of guanidine groups is 1. The number of halogens is 1. The Kier molecular flexibility index (Phi) is 7.89. The molecule has 1 fully saturated rings. The first-order valence-corrected chi connectivity index (χ1v) is 10.5. The van der Waals surface area contributed by atoms with E-state index in [-0.39, 0.29) is 42.3 Å². The third kappa shape index (κ3) is 5.00. The van der Waals surface area contributed by atoms with E-state index in [9.17, 15) is 9.59 Å². The van der Waals surface area contributed by atoms with Gasteiger partial charge in [-0.2, -0.15) is 0 Å². The lowest BCUT2D eigenvalue weighted by Crippen LogP contribution is -2.52. The van der Waals surface area contributed by atoms with Gasteiger partial charge in [-0.3, -0.25) is 19.5 Å². The van der Waals surface area contributed by atoms with Crippen LogP contribution in [-0.2, 0) is 0 Å². The van der Waals surface area contributed by atoms with Crippen molar-refractivity contribution >= 4 is 47.4 Å². The molecule has 0 radical (unpaired) electrons. The molecule has 0 saturated carbocycles. The van der Waals surface area contributed by atoms with Crippen LogP contribution in [-0.4, -0.2) is 73.4 Å². The van der Waals surface area contributed by atoms with Gasteiger partial charge in [0.2, 0.25) is 0 Å². The van der Waals surface area contributed by atoms with Crippen LogP contribution < -0.4 is 10.2 Å². The maximum Gasteiger partial charge on any atom is 0.261 e. The summed E-state index contributed by atoms with van der Waals surface area (Å²) in [4.78, 5) is 35.6. The van der Waals surface area contributed by atoms with E-state index in [1.54, 1.807) is 24.3 Å². The number of fused-ring (bicyclic) bond motifs is 1. The van der Waals surface area contributed by atoms with Crippen molar-refractivity contribution in [1.82, 2.24) is 15.1 Å². The lowest BCUT2D eigenvalue weighted by Gasteiger charge is -2.37. The first-order chi connectivity index (χ1) is 14.7. The van der Waals surface area contributed by atoms with Gasteiger partial charge in [0.05, 0.1) is 17.7 Å². The number of anilines is 1. The SMILES string of the molecule is CCNC(=NCCN1C(=O)c2ccccc2C1=O)N1CCN(c2ccccc2)CC1.I. The molecule has 8 heteroatoms. The number of nitrogens with one attached hydrogen (secondary N) is 1. The minimum atomic E-state index is -0.229. The number of carbonyl (C=O) groups is 2. The van der Waals surface area contributed by atoms with Crippen LogP contribution in [0.1, 0.15) is 27.6 Å². The van der Waals surface area contributed by atoms with Crippen LogP contribution in [0.15, 0.2) is 59.6 Å². The molecule has 164 valence electrons. The molecule has 0 aromatic heterocycles. The number of amides is 2. The molecule has 0 unspecified atom stereocenters. The first-order valence-electron chi connectivity index (χ1n) is 10.5. The summed E-state index contributed by atoms with van der Waals surface area (Å²) in [7, 11) is 0. The normalized spacial score (nSPS) is 16.3. The van der Waals surface area contributed by atoms with Gasteiger partial charge >= 0.3 is 0 Å². The summed E-state index contributed by atoms with van der Waals surface area (Å²) < 4.78 is 0. The maximum atomic E-state index is 12.5. The Balaban J connectivity index is 0.00000272. The molecule has 2 aromatic carbocycles. The van der Waals surface area contributed by atoms with Gasteiger partial charge in [0.25, 0.3) is 11.8 Å². The number of hydrogen-bond acceptors (Lipinski definition) is 4. The van der Waals surface area contributed by atoms with Crippen LogP contribution in [0.2, 0.25) is 0 Å².